The Morgan fingerprint density at radius 1 is 1.20 bits per heavy atom. The smallest absolute Gasteiger partial charge is 0.460 e. The number of hydrogen-bond donors (Lipinski definition) is 0. The van der Waals surface area contributed by atoms with Crippen molar-refractivity contribution in [3.63, 3.8) is 0 Å². The van der Waals surface area contributed by atoms with E-state index in [2.05, 4.69) is 6.58 Å². The summed E-state index contributed by atoms with van der Waals surface area (Å²) in [5.41, 5.74) is -0.243. The second-order valence-electron chi connectivity index (χ2n) is 6.75. The van der Waals surface area contributed by atoms with Crippen LogP contribution in [0.25, 0.3) is 0 Å². The van der Waals surface area contributed by atoms with E-state index in [-0.39, 0.29) is 31.0 Å². The fourth-order valence-corrected chi connectivity index (χ4v) is 2.73. The molecule has 0 radical (unpaired) electrons. The van der Waals surface area contributed by atoms with E-state index < -0.39 is 19.8 Å². The molecule has 0 bridgehead atoms. The van der Waals surface area contributed by atoms with Crippen molar-refractivity contribution in [3.8, 4) is 0 Å². The zero-order chi connectivity index (χ0) is 19.0. The fourth-order valence-electron chi connectivity index (χ4n) is 1.99. The Morgan fingerprint density at radius 3 is 2.32 bits per heavy atom. The van der Waals surface area contributed by atoms with E-state index in [1.165, 1.54) is 6.92 Å². The molecule has 0 saturated carbocycles. The molecular weight excluding hydrogens is 349 g/mol. The zero-order valence-corrected chi connectivity index (χ0v) is 16.2. The van der Waals surface area contributed by atoms with Crippen LogP contribution >= 0.6 is 8.25 Å². The van der Waals surface area contributed by atoms with E-state index in [0.717, 1.165) is 0 Å². The number of amides is 1. The topological polar surface area (TPSA) is 91.4 Å². The molecule has 1 fully saturated rings. The highest BCUT2D eigenvalue weighted by atomic mass is 31.1. The van der Waals surface area contributed by atoms with Gasteiger partial charge < -0.3 is 14.4 Å². The summed E-state index contributed by atoms with van der Waals surface area (Å²) in [6.07, 6.45) is 0.494. The monoisotopic (exact) mass is 376 g/mol. The Kier molecular flexibility index (Phi) is 8.48. The lowest BCUT2D eigenvalue weighted by molar-refractivity contribution is -0.139. The third kappa shape index (κ3) is 8.95. The Hall–Kier alpha value is -1.50. The minimum atomic E-state index is -2.30. The number of carbonyl (C=O) groups is 2. The molecule has 0 N–H and O–H groups in total. The average molecular weight is 376 g/mol. The molecule has 1 heterocycles. The Balaban J connectivity index is 2.21. The van der Waals surface area contributed by atoms with Crippen molar-refractivity contribution in [2.24, 2.45) is 0 Å². The van der Waals surface area contributed by atoms with Crippen LogP contribution in [0, 0.1) is 0 Å². The molecule has 1 atom stereocenters. The molecule has 9 heteroatoms. The van der Waals surface area contributed by atoms with Gasteiger partial charge in [0.1, 0.15) is 24.9 Å². The van der Waals surface area contributed by atoms with Gasteiger partial charge in [-0.05, 0) is 40.5 Å². The van der Waals surface area contributed by atoms with E-state index in [4.69, 9.17) is 18.5 Å². The van der Waals surface area contributed by atoms with Crippen molar-refractivity contribution in [2.45, 2.75) is 52.2 Å². The third-order valence-corrected chi connectivity index (χ3v) is 4.05. The summed E-state index contributed by atoms with van der Waals surface area (Å²) in [6.45, 7) is 11.3. The van der Waals surface area contributed by atoms with Gasteiger partial charge in [-0.1, -0.05) is 6.58 Å². The van der Waals surface area contributed by atoms with E-state index in [0.29, 0.717) is 25.9 Å². The van der Waals surface area contributed by atoms with Gasteiger partial charge in [0.15, 0.2) is 0 Å². The van der Waals surface area contributed by atoms with Crippen molar-refractivity contribution in [3.05, 3.63) is 12.2 Å². The molecule has 1 rings (SSSR count). The van der Waals surface area contributed by atoms with Crippen molar-refractivity contribution in [1.29, 1.82) is 0 Å². The largest absolute Gasteiger partial charge is 0.697 e. The van der Waals surface area contributed by atoms with Crippen LogP contribution < -0.4 is 0 Å². The maximum absolute atomic E-state index is 12.0. The van der Waals surface area contributed by atoms with Crippen LogP contribution in [0.4, 0.5) is 4.79 Å². The molecule has 1 aliphatic rings. The number of rotatable bonds is 7. The van der Waals surface area contributed by atoms with Crippen LogP contribution in [0.5, 0.6) is 0 Å². The molecule has 1 aliphatic heterocycles. The predicted molar refractivity (Wildman–Crippen MR) is 91.2 cm³/mol. The summed E-state index contributed by atoms with van der Waals surface area (Å²) in [5.74, 6) is -0.519. The van der Waals surface area contributed by atoms with Crippen molar-refractivity contribution < 1.29 is 32.7 Å². The predicted octanol–water partition coefficient (Wildman–Crippen LogP) is 3.20. The molecule has 0 aliphatic carbocycles. The standard InChI is InChI=1S/C16H27NO7P/c1-12(2)14(18)21-10-11-22-25(20)24-13-6-8-17(9-7-13)15(19)23-16(3,4)5/h13H,1,6-11H2,2-5H3/q+1. The molecule has 0 aromatic heterocycles. The third-order valence-electron chi connectivity index (χ3n) is 3.19. The molecule has 8 nitrogen and oxygen atoms in total. The van der Waals surface area contributed by atoms with Gasteiger partial charge in [0.05, 0.1) is 0 Å². The molecule has 25 heavy (non-hydrogen) atoms. The second kappa shape index (κ2) is 9.85. The van der Waals surface area contributed by atoms with Gasteiger partial charge >= 0.3 is 20.3 Å². The fraction of sp³-hybridized carbons (Fsp3) is 0.750. The first-order chi connectivity index (χ1) is 11.6. The Morgan fingerprint density at radius 2 is 1.80 bits per heavy atom. The molecule has 0 spiro atoms. The minimum Gasteiger partial charge on any atom is -0.460 e. The van der Waals surface area contributed by atoms with Crippen LogP contribution in [-0.2, 0) is 27.9 Å². The summed E-state index contributed by atoms with van der Waals surface area (Å²) in [7, 11) is -2.30. The summed E-state index contributed by atoms with van der Waals surface area (Å²) in [4.78, 5) is 24.7. The zero-order valence-electron chi connectivity index (χ0n) is 15.3. The molecule has 0 aromatic rings. The lowest BCUT2D eigenvalue weighted by Crippen LogP contribution is -2.43. The van der Waals surface area contributed by atoms with Gasteiger partial charge in [-0.25, -0.2) is 9.59 Å². The second-order valence-corrected chi connectivity index (χ2v) is 7.66. The minimum absolute atomic E-state index is 0.0206. The number of carbonyl (C=O) groups excluding carboxylic acids is 2. The first kappa shape index (κ1) is 21.5. The number of ether oxygens (including phenoxy) is 2. The van der Waals surface area contributed by atoms with E-state index in [1.807, 2.05) is 20.8 Å². The lowest BCUT2D eigenvalue weighted by Gasteiger charge is -2.31. The number of hydrogen-bond acceptors (Lipinski definition) is 7. The van der Waals surface area contributed by atoms with Crippen molar-refractivity contribution in [1.82, 2.24) is 4.90 Å². The summed E-state index contributed by atoms with van der Waals surface area (Å²) >= 11 is 0. The van der Waals surface area contributed by atoms with Gasteiger partial charge in [-0.2, -0.15) is 0 Å². The molecular formula is C16H27NO7P+. The van der Waals surface area contributed by atoms with Crippen LogP contribution in [-0.4, -0.2) is 55.0 Å². The van der Waals surface area contributed by atoms with Crippen molar-refractivity contribution in [2.75, 3.05) is 26.3 Å². The number of piperidine rings is 1. The maximum Gasteiger partial charge on any atom is 0.697 e. The highest BCUT2D eigenvalue weighted by Gasteiger charge is 2.33. The van der Waals surface area contributed by atoms with Gasteiger partial charge in [0.25, 0.3) is 0 Å². The maximum atomic E-state index is 12.0. The lowest BCUT2D eigenvalue weighted by atomic mass is 10.1. The van der Waals surface area contributed by atoms with Crippen molar-refractivity contribution >= 4 is 20.3 Å². The van der Waals surface area contributed by atoms with E-state index >= 15 is 0 Å². The van der Waals surface area contributed by atoms with Gasteiger partial charge in [0, 0.05) is 23.2 Å². The highest BCUT2D eigenvalue weighted by molar-refractivity contribution is 7.33. The molecule has 1 saturated heterocycles. The Labute approximate surface area is 149 Å². The van der Waals surface area contributed by atoms with Gasteiger partial charge in [-0.3, -0.25) is 0 Å². The highest BCUT2D eigenvalue weighted by Crippen LogP contribution is 2.30. The number of nitrogens with zero attached hydrogens (tertiary/aromatic N) is 1. The molecule has 1 unspecified atom stereocenters. The van der Waals surface area contributed by atoms with E-state index in [1.54, 1.807) is 4.90 Å². The van der Waals surface area contributed by atoms with Crippen LogP contribution in [0.15, 0.2) is 12.2 Å². The molecule has 0 aromatic carbocycles. The van der Waals surface area contributed by atoms with E-state index in [9.17, 15) is 14.2 Å². The van der Waals surface area contributed by atoms with Gasteiger partial charge in [-0.15, -0.1) is 9.05 Å². The SMILES string of the molecule is C=C(C)C(=O)OCCO[P+](=O)OC1CCN(C(=O)OC(C)(C)C)CC1. The molecule has 1 amide bonds. The first-order valence-corrected chi connectivity index (χ1v) is 9.25. The number of esters is 1. The molecule has 142 valence electrons. The van der Waals surface area contributed by atoms with Crippen LogP contribution in [0.2, 0.25) is 0 Å². The quantitative estimate of drug-likeness (QED) is 0.292. The van der Waals surface area contributed by atoms with Gasteiger partial charge in [0.2, 0.25) is 0 Å². The summed E-state index contributed by atoms with van der Waals surface area (Å²) in [6, 6.07) is 0. The first-order valence-electron chi connectivity index (χ1n) is 8.16. The average Bonchev–Trinajstić information content (AvgIpc) is 2.50. The summed E-state index contributed by atoms with van der Waals surface area (Å²) < 4.78 is 32.2. The number of likely N-dealkylation sites (tertiary alicyclic amines) is 1. The van der Waals surface area contributed by atoms with Crippen LogP contribution in [0.3, 0.4) is 0 Å². The van der Waals surface area contributed by atoms with Crippen LogP contribution in [0.1, 0.15) is 40.5 Å². The Bertz CT molecular complexity index is 507. The summed E-state index contributed by atoms with van der Waals surface area (Å²) in [5, 5.41) is 0. The normalized spacial score (nSPS) is 16.3.